The molecule has 2 aromatic heterocycles. The highest BCUT2D eigenvalue weighted by Crippen LogP contribution is 2.33. The summed E-state index contributed by atoms with van der Waals surface area (Å²) in [6.45, 7) is 7.35. The smallest absolute Gasteiger partial charge is 0.127 e. The van der Waals surface area contributed by atoms with Crippen molar-refractivity contribution < 1.29 is 4.74 Å². The summed E-state index contributed by atoms with van der Waals surface area (Å²) in [6, 6.07) is 14.8. The Morgan fingerprint density at radius 3 is 2.37 bits per heavy atom. The molecule has 6 nitrogen and oxygen atoms in total. The number of nitrogens with zero attached hydrogens (tertiary/aromatic N) is 5. The van der Waals surface area contributed by atoms with E-state index in [4.69, 9.17) is 4.74 Å². The van der Waals surface area contributed by atoms with Gasteiger partial charge in [-0.15, -0.1) is 5.10 Å². The molecule has 0 N–H and O–H groups in total. The highest BCUT2D eigenvalue weighted by atomic mass is 16.5. The van der Waals surface area contributed by atoms with Crippen LogP contribution in [0, 0.1) is 0 Å². The van der Waals surface area contributed by atoms with Crippen LogP contribution >= 0.6 is 0 Å². The highest BCUT2D eigenvalue weighted by molar-refractivity contribution is 5.74. The van der Waals surface area contributed by atoms with Gasteiger partial charge in [0.1, 0.15) is 11.4 Å². The van der Waals surface area contributed by atoms with Crippen LogP contribution in [0.2, 0.25) is 0 Å². The lowest BCUT2D eigenvalue weighted by Gasteiger charge is -2.19. The molecule has 0 atom stereocenters. The van der Waals surface area contributed by atoms with Gasteiger partial charge in [-0.3, -0.25) is 4.68 Å². The third kappa shape index (κ3) is 4.13. The van der Waals surface area contributed by atoms with Crippen LogP contribution in [0.15, 0.2) is 61.1 Å². The molecule has 0 unspecified atom stereocenters. The molecule has 0 radical (unpaired) electrons. The van der Waals surface area contributed by atoms with E-state index in [1.54, 1.807) is 11.8 Å². The van der Waals surface area contributed by atoms with Crippen molar-refractivity contribution in [1.29, 1.82) is 0 Å². The second-order valence-electron chi connectivity index (χ2n) is 8.57. The Morgan fingerprint density at radius 1 is 0.967 bits per heavy atom. The molecule has 0 aliphatic heterocycles. The number of ether oxygens (including phenoxy) is 1. The van der Waals surface area contributed by atoms with Gasteiger partial charge in [0.05, 0.1) is 26.0 Å². The zero-order valence-electron chi connectivity index (χ0n) is 18.1. The van der Waals surface area contributed by atoms with E-state index in [-0.39, 0.29) is 5.41 Å². The van der Waals surface area contributed by atoms with Crippen molar-refractivity contribution in [1.82, 2.24) is 24.8 Å². The number of methoxy groups -OCH3 is 1. The van der Waals surface area contributed by atoms with E-state index in [1.807, 2.05) is 48.5 Å². The fourth-order valence-corrected chi connectivity index (χ4v) is 3.45. The average molecular weight is 402 g/mol. The molecule has 0 aliphatic carbocycles. The maximum absolute atomic E-state index is 5.62. The Bertz CT molecular complexity index is 1150. The average Bonchev–Trinajstić information content (AvgIpc) is 3.36. The summed E-state index contributed by atoms with van der Waals surface area (Å²) in [7, 11) is 3.58. The van der Waals surface area contributed by atoms with Crippen LogP contribution < -0.4 is 4.74 Å². The SMILES string of the molecule is COc1cc(-c2cn(Cc3ccc(C(C)(C)C)cc3)nn2)ccc1-c1cnn(C)c1. The molecule has 0 amide bonds. The molecule has 6 heteroatoms. The van der Waals surface area contributed by atoms with E-state index in [0.29, 0.717) is 6.54 Å². The standard InChI is InChI=1S/C24H27N5O/c1-24(2,3)20-9-6-17(7-10-20)14-29-16-22(26-27-29)18-8-11-21(23(12-18)30-5)19-13-25-28(4)15-19/h6-13,15-16H,14H2,1-5H3. The normalized spacial score (nSPS) is 11.6. The first-order valence-corrected chi connectivity index (χ1v) is 10.0. The van der Waals surface area contributed by atoms with Gasteiger partial charge in [0.25, 0.3) is 0 Å². The van der Waals surface area contributed by atoms with E-state index in [2.05, 4.69) is 60.4 Å². The van der Waals surface area contributed by atoms with Gasteiger partial charge in [-0.05, 0) is 28.7 Å². The van der Waals surface area contributed by atoms with E-state index in [1.165, 1.54) is 11.1 Å². The highest BCUT2D eigenvalue weighted by Gasteiger charge is 2.14. The molecule has 30 heavy (non-hydrogen) atoms. The lowest BCUT2D eigenvalue weighted by Crippen LogP contribution is -2.11. The molecule has 2 aromatic carbocycles. The molecule has 2 heterocycles. The van der Waals surface area contributed by atoms with Crippen LogP contribution in [-0.4, -0.2) is 31.9 Å². The number of hydrogen-bond donors (Lipinski definition) is 0. The van der Waals surface area contributed by atoms with Crippen molar-refractivity contribution in [3.05, 3.63) is 72.2 Å². The number of aryl methyl sites for hydroxylation is 1. The molecule has 4 aromatic rings. The molecule has 0 aliphatic rings. The van der Waals surface area contributed by atoms with E-state index < -0.39 is 0 Å². The van der Waals surface area contributed by atoms with E-state index >= 15 is 0 Å². The van der Waals surface area contributed by atoms with Gasteiger partial charge in [0.15, 0.2) is 0 Å². The summed E-state index contributed by atoms with van der Waals surface area (Å²) >= 11 is 0. The summed E-state index contributed by atoms with van der Waals surface area (Å²) < 4.78 is 9.26. The fraction of sp³-hybridized carbons (Fsp3) is 0.292. The van der Waals surface area contributed by atoms with Crippen molar-refractivity contribution in [2.24, 2.45) is 7.05 Å². The zero-order valence-corrected chi connectivity index (χ0v) is 18.1. The van der Waals surface area contributed by atoms with Gasteiger partial charge in [-0.1, -0.05) is 56.3 Å². The molecule has 0 fully saturated rings. The van der Waals surface area contributed by atoms with Gasteiger partial charge in [-0.2, -0.15) is 5.10 Å². The van der Waals surface area contributed by atoms with Crippen LogP contribution in [0.4, 0.5) is 0 Å². The minimum atomic E-state index is 0.153. The third-order valence-electron chi connectivity index (χ3n) is 5.22. The Morgan fingerprint density at radius 2 is 1.73 bits per heavy atom. The Hall–Kier alpha value is -3.41. The molecular formula is C24H27N5O. The number of rotatable bonds is 5. The van der Waals surface area contributed by atoms with Crippen LogP contribution in [0.1, 0.15) is 31.9 Å². The van der Waals surface area contributed by atoms with Crippen molar-refractivity contribution in [2.75, 3.05) is 7.11 Å². The lowest BCUT2D eigenvalue weighted by atomic mass is 9.87. The molecular weight excluding hydrogens is 374 g/mol. The quantitative estimate of drug-likeness (QED) is 0.486. The Balaban J connectivity index is 1.55. The second kappa shape index (κ2) is 7.78. The minimum absolute atomic E-state index is 0.153. The van der Waals surface area contributed by atoms with Crippen LogP contribution in [0.5, 0.6) is 5.75 Å². The summed E-state index contributed by atoms with van der Waals surface area (Å²) in [6.07, 6.45) is 5.77. The number of hydrogen-bond acceptors (Lipinski definition) is 4. The molecule has 4 rings (SSSR count). The zero-order chi connectivity index (χ0) is 21.3. The predicted octanol–water partition coefficient (Wildman–Crippen LogP) is 4.70. The number of aromatic nitrogens is 5. The summed E-state index contributed by atoms with van der Waals surface area (Å²) in [4.78, 5) is 0. The van der Waals surface area contributed by atoms with Crippen LogP contribution in [0.25, 0.3) is 22.4 Å². The van der Waals surface area contributed by atoms with Gasteiger partial charge in [0, 0.05) is 29.9 Å². The van der Waals surface area contributed by atoms with Crippen molar-refractivity contribution >= 4 is 0 Å². The van der Waals surface area contributed by atoms with Crippen LogP contribution in [-0.2, 0) is 19.0 Å². The maximum atomic E-state index is 5.62. The Labute approximate surface area is 177 Å². The molecule has 0 spiro atoms. The molecule has 154 valence electrons. The van der Waals surface area contributed by atoms with Gasteiger partial charge < -0.3 is 4.74 Å². The minimum Gasteiger partial charge on any atom is -0.496 e. The fourth-order valence-electron chi connectivity index (χ4n) is 3.45. The van der Waals surface area contributed by atoms with Gasteiger partial charge in [0.2, 0.25) is 0 Å². The first-order chi connectivity index (χ1) is 14.3. The summed E-state index contributed by atoms with van der Waals surface area (Å²) in [5, 5.41) is 12.9. The maximum Gasteiger partial charge on any atom is 0.127 e. The van der Waals surface area contributed by atoms with E-state index in [0.717, 1.165) is 28.1 Å². The summed E-state index contributed by atoms with van der Waals surface area (Å²) in [5.74, 6) is 0.785. The monoisotopic (exact) mass is 401 g/mol. The Kier molecular flexibility index (Phi) is 5.16. The molecule has 0 bridgehead atoms. The molecule has 0 saturated carbocycles. The van der Waals surface area contributed by atoms with Crippen molar-refractivity contribution in [3.63, 3.8) is 0 Å². The number of benzene rings is 2. The summed E-state index contributed by atoms with van der Waals surface area (Å²) in [5.41, 5.74) is 6.48. The first-order valence-electron chi connectivity index (χ1n) is 10.0. The second-order valence-corrected chi connectivity index (χ2v) is 8.57. The van der Waals surface area contributed by atoms with E-state index in [9.17, 15) is 0 Å². The third-order valence-corrected chi connectivity index (χ3v) is 5.22. The van der Waals surface area contributed by atoms with Crippen molar-refractivity contribution in [3.8, 4) is 28.1 Å². The lowest BCUT2D eigenvalue weighted by molar-refractivity contribution is 0.416. The topological polar surface area (TPSA) is 57.8 Å². The van der Waals surface area contributed by atoms with Crippen LogP contribution in [0.3, 0.4) is 0 Å². The predicted molar refractivity (Wildman–Crippen MR) is 118 cm³/mol. The first kappa shape index (κ1) is 19.9. The largest absolute Gasteiger partial charge is 0.496 e. The molecule has 0 saturated heterocycles. The van der Waals surface area contributed by atoms with Gasteiger partial charge >= 0.3 is 0 Å². The van der Waals surface area contributed by atoms with Crippen molar-refractivity contribution in [2.45, 2.75) is 32.7 Å². The van der Waals surface area contributed by atoms with Gasteiger partial charge in [-0.25, -0.2) is 4.68 Å².